The van der Waals surface area contributed by atoms with E-state index in [4.69, 9.17) is 0 Å². The van der Waals surface area contributed by atoms with Crippen LogP contribution in [0.3, 0.4) is 0 Å². The van der Waals surface area contributed by atoms with E-state index >= 15 is 0 Å². The van der Waals surface area contributed by atoms with Gasteiger partial charge in [0.2, 0.25) is 0 Å². The van der Waals surface area contributed by atoms with Crippen molar-refractivity contribution in [2.45, 2.75) is 53.5 Å². The van der Waals surface area contributed by atoms with Gasteiger partial charge in [-0.2, -0.15) is 10.2 Å². The number of rotatable bonds is 4. The van der Waals surface area contributed by atoms with Crippen LogP contribution >= 0.6 is 10.2 Å². The predicted molar refractivity (Wildman–Crippen MR) is 75.9 cm³/mol. The van der Waals surface area contributed by atoms with Crippen LogP contribution in [0.2, 0.25) is 0 Å². The molecule has 0 atom stereocenters. The number of nitrogens with zero attached hydrogens (tertiary/aromatic N) is 1. The first-order chi connectivity index (χ1) is 6.42. The molecular formula is C13H31NS. The first-order valence-corrected chi connectivity index (χ1v) is 8.45. The van der Waals surface area contributed by atoms with Gasteiger partial charge in [0.1, 0.15) is 0 Å². The molecule has 0 aliphatic rings. The minimum absolute atomic E-state index is 0.299. The third-order valence-electron chi connectivity index (χ3n) is 3.26. The highest BCUT2D eigenvalue weighted by molar-refractivity contribution is 8.30. The SMILES string of the molecule is CCS(C)(C)N(C)C(C)(C)CC(C)(C)C. The molecule has 1 nitrogen and oxygen atoms in total. The monoisotopic (exact) mass is 233 g/mol. The third-order valence-corrected chi connectivity index (χ3v) is 6.65. The fourth-order valence-corrected chi connectivity index (χ4v) is 4.06. The van der Waals surface area contributed by atoms with Gasteiger partial charge in [-0.05, 0) is 51.0 Å². The van der Waals surface area contributed by atoms with Gasteiger partial charge in [-0.15, -0.1) is 0 Å². The Morgan fingerprint density at radius 2 is 1.40 bits per heavy atom. The topological polar surface area (TPSA) is 3.24 Å². The van der Waals surface area contributed by atoms with Crippen LogP contribution in [0.4, 0.5) is 0 Å². The maximum atomic E-state index is 2.62. The van der Waals surface area contributed by atoms with Crippen molar-refractivity contribution in [2.24, 2.45) is 5.41 Å². The highest BCUT2D eigenvalue weighted by Crippen LogP contribution is 2.49. The van der Waals surface area contributed by atoms with E-state index in [0.717, 1.165) is 0 Å². The molecule has 0 rings (SSSR count). The van der Waals surface area contributed by atoms with Gasteiger partial charge in [0.15, 0.2) is 0 Å². The molecule has 0 N–H and O–H groups in total. The van der Waals surface area contributed by atoms with Gasteiger partial charge in [-0.1, -0.05) is 27.7 Å². The fourth-order valence-electron chi connectivity index (χ4n) is 2.27. The van der Waals surface area contributed by atoms with Gasteiger partial charge >= 0.3 is 0 Å². The molecule has 94 valence electrons. The van der Waals surface area contributed by atoms with E-state index in [0.29, 0.717) is 11.0 Å². The predicted octanol–water partition coefficient (Wildman–Crippen LogP) is 4.13. The average Bonchev–Trinajstić information content (AvgIpc) is 1.98. The second-order valence-electron chi connectivity index (χ2n) is 6.82. The number of hydrogen-bond donors (Lipinski definition) is 0. The van der Waals surface area contributed by atoms with E-state index in [1.807, 2.05) is 0 Å². The summed E-state index contributed by atoms with van der Waals surface area (Å²) in [5, 5.41) is 0. The summed E-state index contributed by atoms with van der Waals surface area (Å²) < 4.78 is 2.62. The van der Waals surface area contributed by atoms with Crippen LogP contribution in [0.15, 0.2) is 0 Å². The van der Waals surface area contributed by atoms with E-state index < -0.39 is 10.2 Å². The van der Waals surface area contributed by atoms with Crippen LogP contribution in [-0.2, 0) is 0 Å². The molecule has 0 saturated carbocycles. The normalized spacial score (nSPS) is 15.9. The van der Waals surface area contributed by atoms with Gasteiger partial charge in [0, 0.05) is 5.54 Å². The zero-order valence-electron chi connectivity index (χ0n) is 12.3. The van der Waals surface area contributed by atoms with E-state index in [-0.39, 0.29) is 0 Å². The standard InChI is InChI=1S/C13H31NS/c1-10-15(8,9)14(7)13(5,6)11-12(2,3)4/h10-11H2,1-9H3. The summed E-state index contributed by atoms with van der Waals surface area (Å²) in [4.78, 5) is 0. The first-order valence-electron chi connectivity index (χ1n) is 5.87. The van der Waals surface area contributed by atoms with Crippen LogP contribution in [0, 0.1) is 5.41 Å². The Labute approximate surface area is 99.1 Å². The van der Waals surface area contributed by atoms with Crippen LogP contribution < -0.4 is 0 Å². The Kier molecular flexibility index (Phi) is 4.76. The molecule has 0 fully saturated rings. The minimum Gasteiger partial charge on any atom is -0.266 e. The first kappa shape index (κ1) is 15.3. The van der Waals surface area contributed by atoms with Gasteiger partial charge in [0.05, 0.1) is 0 Å². The Morgan fingerprint density at radius 1 is 1.00 bits per heavy atom. The van der Waals surface area contributed by atoms with Crippen molar-refractivity contribution in [3.8, 4) is 0 Å². The molecule has 0 bridgehead atoms. The van der Waals surface area contributed by atoms with E-state index in [1.165, 1.54) is 12.2 Å². The largest absolute Gasteiger partial charge is 0.266 e. The molecule has 0 aliphatic carbocycles. The smallest absolute Gasteiger partial charge is 0.0243 e. The van der Waals surface area contributed by atoms with E-state index in [9.17, 15) is 0 Å². The summed E-state index contributed by atoms with van der Waals surface area (Å²) >= 11 is 0. The van der Waals surface area contributed by atoms with Gasteiger partial charge in [0.25, 0.3) is 0 Å². The van der Waals surface area contributed by atoms with Crippen molar-refractivity contribution in [3.05, 3.63) is 0 Å². The molecule has 0 aromatic rings. The van der Waals surface area contributed by atoms with Crippen molar-refractivity contribution >= 4 is 10.2 Å². The molecule has 0 spiro atoms. The van der Waals surface area contributed by atoms with Crippen molar-refractivity contribution in [1.29, 1.82) is 0 Å². The quantitative estimate of drug-likeness (QED) is 0.705. The summed E-state index contributed by atoms with van der Waals surface area (Å²) in [6, 6.07) is 0. The Bertz CT molecular complexity index is 201. The maximum Gasteiger partial charge on any atom is 0.0243 e. The second-order valence-corrected chi connectivity index (χ2v) is 10.9. The van der Waals surface area contributed by atoms with Crippen LogP contribution in [0.5, 0.6) is 0 Å². The molecule has 15 heavy (non-hydrogen) atoms. The van der Waals surface area contributed by atoms with Crippen LogP contribution in [0.1, 0.15) is 48.0 Å². The Morgan fingerprint density at radius 3 is 1.67 bits per heavy atom. The summed E-state index contributed by atoms with van der Waals surface area (Å²) in [5.74, 6) is 1.27. The summed E-state index contributed by atoms with van der Waals surface area (Å²) in [5.41, 5.74) is 0.702. The zero-order valence-corrected chi connectivity index (χ0v) is 13.1. The molecule has 0 aromatic heterocycles. The van der Waals surface area contributed by atoms with Crippen molar-refractivity contribution in [3.63, 3.8) is 0 Å². The highest BCUT2D eigenvalue weighted by atomic mass is 32.3. The zero-order chi connectivity index (χ0) is 12.5. The fraction of sp³-hybridized carbons (Fsp3) is 1.00. The van der Waals surface area contributed by atoms with Crippen molar-refractivity contribution in [2.75, 3.05) is 25.3 Å². The molecule has 0 aliphatic heterocycles. The lowest BCUT2D eigenvalue weighted by Crippen LogP contribution is -2.45. The molecule has 0 heterocycles. The van der Waals surface area contributed by atoms with E-state index in [1.54, 1.807) is 0 Å². The highest BCUT2D eigenvalue weighted by Gasteiger charge is 2.34. The molecule has 0 aromatic carbocycles. The molecular weight excluding hydrogens is 202 g/mol. The second kappa shape index (κ2) is 4.67. The molecule has 0 unspecified atom stereocenters. The summed E-state index contributed by atoms with van der Waals surface area (Å²) in [7, 11) is 1.70. The van der Waals surface area contributed by atoms with Gasteiger partial charge < -0.3 is 0 Å². The minimum atomic E-state index is -0.595. The molecule has 0 amide bonds. The lowest BCUT2D eigenvalue weighted by atomic mass is 9.82. The summed E-state index contributed by atoms with van der Waals surface area (Å²) in [6.07, 6.45) is 6.07. The lowest BCUT2D eigenvalue weighted by Gasteiger charge is -2.51. The van der Waals surface area contributed by atoms with Gasteiger partial charge in [-0.3, -0.25) is 4.31 Å². The number of hydrogen-bond acceptors (Lipinski definition) is 1. The van der Waals surface area contributed by atoms with Crippen LogP contribution in [-0.4, -0.2) is 35.2 Å². The van der Waals surface area contributed by atoms with Crippen molar-refractivity contribution < 1.29 is 0 Å². The van der Waals surface area contributed by atoms with E-state index in [2.05, 4.69) is 65.4 Å². The lowest BCUT2D eigenvalue weighted by molar-refractivity contribution is 0.184. The Balaban J connectivity index is 4.73. The third kappa shape index (κ3) is 4.78. The van der Waals surface area contributed by atoms with Gasteiger partial charge in [-0.25, -0.2) is 0 Å². The molecule has 0 saturated heterocycles. The van der Waals surface area contributed by atoms with Crippen molar-refractivity contribution in [1.82, 2.24) is 4.31 Å². The molecule has 0 radical (unpaired) electrons. The maximum absolute atomic E-state index is 2.62. The Hall–Kier alpha value is 0.310. The summed E-state index contributed by atoms with van der Waals surface area (Å²) in [6.45, 7) is 14.1. The average molecular weight is 233 g/mol. The molecule has 2 heteroatoms. The van der Waals surface area contributed by atoms with Crippen LogP contribution in [0.25, 0.3) is 0 Å².